The third kappa shape index (κ3) is 5.69. The summed E-state index contributed by atoms with van der Waals surface area (Å²) in [6.45, 7) is 0.469. The quantitative estimate of drug-likeness (QED) is 0.513. The zero-order valence-corrected chi connectivity index (χ0v) is 18.1. The lowest BCUT2D eigenvalue weighted by molar-refractivity contribution is -0.0258. The molecule has 1 amide bonds. The van der Waals surface area contributed by atoms with E-state index in [0.29, 0.717) is 23.6 Å². The van der Waals surface area contributed by atoms with Gasteiger partial charge in [0.15, 0.2) is 0 Å². The number of hydroxylamine groups is 1. The highest BCUT2D eigenvalue weighted by Gasteiger charge is 2.21. The van der Waals surface area contributed by atoms with E-state index in [1.165, 1.54) is 38.4 Å². The molecule has 3 aromatic rings. The van der Waals surface area contributed by atoms with Crippen LogP contribution < -0.4 is 10.1 Å². The van der Waals surface area contributed by atoms with E-state index in [-0.39, 0.29) is 10.8 Å². The monoisotopic (exact) mass is 440 g/mol. The van der Waals surface area contributed by atoms with Crippen molar-refractivity contribution >= 4 is 21.6 Å². The topological polar surface area (TPSA) is 84.9 Å². The SMILES string of the molecule is CON(C)S(=O)(=O)c1ccc(C(=O)Nc2ccccc2OCCc2ccccc2)cc1. The summed E-state index contributed by atoms with van der Waals surface area (Å²) in [7, 11) is -1.21. The molecule has 0 heterocycles. The molecule has 31 heavy (non-hydrogen) atoms. The van der Waals surface area contributed by atoms with Gasteiger partial charge >= 0.3 is 0 Å². The van der Waals surface area contributed by atoms with E-state index in [4.69, 9.17) is 9.57 Å². The Labute approximate surface area is 182 Å². The van der Waals surface area contributed by atoms with Crippen LogP contribution in [-0.2, 0) is 21.3 Å². The Morgan fingerprint density at radius 2 is 1.58 bits per heavy atom. The number of benzene rings is 3. The molecule has 0 aliphatic heterocycles. The van der Waals surface area contributed by atoms with Crippen LogP contribution in [0.1, 0.15) is 15.9 Å². The Kier molecular flexibility index (Phi) is 7.41. The normalized spacial score (nSPS) is 11.3. The molecule has 0 fully saturated rings. The number of nitrogens with zero attached hydrogens (tertiary/aromatic N) is 1. The first-order valence-electron chi connectivity index (χ1n) is 9.62. The van der Waals surface area contributed by atoms with Crippen LogP contribution in [0, 0.1) is 0 Å². The molecular formula is C23H24N2O5S. The van der Waals surface area contributed by atoms with Crippen molar-refractivity contribution in [3.05, 3.63) is 90.0 Å². The van der Waals surface area contributed by atoms with Gasteiger partial charge in [-0.05, 0) is 42.0 Å². The Hall–Kier alpha value is -3.20. The van der Waals surface area contributed by atoms with Crippen molar-refractivity contribution in [1.29, 1.82) is 0 Å². The summed E-state index contributed by atoms with van der Waals surface area (Å²) in [5.74, 6) is 0.191. The molecule has 0 saturated carbocycles. The third-order valence-corrected chi connectivity index (χ3v) is 6.33. The summed E-state index contributed by atoms with van der Waals surface area (Å²) in [6, 6.07) is 22.8. The zero-order valence-electron chi connectivity index (χ0n) is 17.3. The molecule has 0 unspecified atom stereocenters. The van der Waals surface area contributed by atoms with E-state index < -0.39 is 10.0 Å². The van der Waals surface area contributed by atoms with Crippen molar-refractivity contribution in [3.63, 3.8) is 0 Å². The van der Waals surface area contributed by atoms with E-state index in [1.54, 1.807) is 18.2 Å². The molecule has 0 radical (unpaired) electrons. The summed E-state index contributed by atoms with van der Waals surface area (Å²) >= 11 is 0. The number of rotatable bonds is 9. The van der Waals surface area contributed by atoms with Crippen LogP contribution >= 0.6 is 0 Å². The van der Waals surface area contributed by atoms with Crippen LogP contribution in [0.2, 0.25) is 0 Å². The number of amides is 1. The second-order valence-corrected chi connectivity index (χ2v) is 8.59. The van der Waals surface area contributed by atoms with Crippen LogP contribution in [0.3, 0.4) is 0 Å². The highest BCUT2D eigenvalue weighted by Crippen LogP contribution is 2.25. The highest BCUT2D eigenvalue weighted by atomic mass is 32.2. The fourth-order valence-electron chi connectivity index (χ4n) is 2.84. The predicted octanol–water partition coefficient (Wildman–Crippen LogP) is 3.74. The number of anilines is 1. The molecule has 0 atom stereocenters. The van der Waals surface area contributed by atoms with Gasteiger partial charge in [0.25, 0.3) is 15.9 Å². The molecule has 3 rings (SSSR count). The molecule has 0 aliphatic rings. The summed E-state index contributed by atoms with van der Waals surface area (Å²) < 4.78 is 31.2. The minimum Gasteiger partial charge on any atom is -0.491 e. The Bertz CT molecular complexity index is 1120. The predicted molar refractivity (Wildman–Crippen MR) is 118 cm³/mol. The molecule has 0 aliphatic carbocycles. The molecule has 1 N–H and O–H groups in total. The minimum atomic E-state index is -3.77. The Morgan fingerprint density at radius 3 is 2.26 bits per heavy atom. The van der Waals surface area contributed by atoms with Crippen LogP contribution in [0.5, 0.6) is 5.75 Å². The largest absolute Gasteiger partial charge is 0.491 e. The Morgan fingerprint density at radius 1 is 0.935 bits per heavy atom. The van der Waals surface area contributed by atoms with Crippen LogP contribution in [0.4, 0.5) is 5.69 Å². The van der Waals surface area contributed by atoms with E-state index >= 15 is 0 Å². The molecule has 162 valence electrons. The van der Waals surface area contributed by atoms with E-state index in [1.807, 2.05) is 36.4 Å². The van der Waals surface area contributed by atoms with Crippen LogP contribution in [0.15, 0.2) is 83.8 Å². The summed E-state index contributed by atoms with van der Waals surface area (Å²) in [5, 5.41) is 2.82. The number of para-hydroxylation sites is 2. The molecule has 7 nitrogen and oxygen atoms in total. The highest BCUT2D eigenvalue weighted by molar-refractivity contribution is 7.89. The molecule has 0 saturated heterocycles. The number of ether oxygens (including phenoxy) is 1. The van der Waals surface area contributed by atoms with Gasteiger partial charge in [-0.25, -0.2) is 8.42 Å². The van der Waals surface area contributed by atoms with Crippen molar-refractivity contribution in [2.75, 3.05) is 26.1 Å². The average Bonchev–Trinajstić information content (AvgIpc) is 2.80. The summed E-state index contributed by atoms with van der Waals surface area (Å²) in [4.78, 5) is 17.4. The molecule has 0 aromatic heterocycles. The summed E-state index contributed by atoms with van der Waals surface area (Å²) in [6.07, 6.45) is 0.745. The van der Waals surface area contributed by atoms with Gasteiger partial charge in [-0.3, -0.25) is 9.63 Å². The van der Waals surface area contributed by atoms with Gasteiger partial charge in [-0.1, -0.05) is 46.9 Å². The standard InChI is InChI=1S/C23H24N2O5S/c1-25(29-2)31(27,28)20-14-12-19(13-15-20)23(26)24-21-10-6-7-11-22(21)30-17-16-18-8-4-3-5-9-18/h3-15H,16-17H2,1-2H3,(H,24,26). The lowest BCUT2D eigenvalue weighted by atomic mass is 10.2. The van der Waals surface area contributed by atoms with Crippen molar-refractivity contribution in [2.24, 2.45) is 0 Å². The van der Waals surface area contributed by atoms with Gasteiger partial charge in [-0.2, -0.15) is 0 Å². The van der Waals surface area contributed by atoms with Gasteiger partial charge in [0, 0.05) is 19.0 Å². The molecule has 8 heteroatoms. The number of carbonyl (C=O) groups excluding carboxylic acids is 1. The van der Waals surface area contributed by atoms with Crippen molar-refractivity contribution in [1.82, 2.24) is 4.47 Å². The lowest BCUT2D eigenvalue weighted by Gasteiger charge is -2.15. The maximum Gasteiger partial charge on any atom is 0.264 e. The summed E-state index contributed by atoms with van der Waals surface area (Å²) in [5.41, 5.74) is 2.02. The van der Waals surface area contributed by atoms with Crippen molar-refractivity contribution in [2.45, 2.75) is 11.3 Å². The lowest BCUT2D eigenvalue weighted by Crippen LogP contribution is -2.25. The number of sulfonamides is 1. The van der Waals surface area contributed by atoms with Crippen LogP contribution in [0.25, 0.3) is 0 Å². The molecule has 0 spiro atoms. The van der Waals surface area contributed by atoms with E-state index in [0.717, 1.165) is 16.5 Å². The second kappa shape index (κ2) is 10.2. The number of nitrogens with one attached hydrogen (secondary N) is 1. The second-order valence-electron chi connectivity index (χ2n) is 6.66. The van der Waals surface area contributed by atoms with Gasteiger partial charge in [-0.15, -0.1) is 0 Å². The van der Waals surface area contributed by atoms with Crippen LogP contribution in [-0.4, -0.2) is 39.6 Å². The molecule has 3 aromatic carbocycles. The van der Waals surface area contributed by atoms with E-state index in [9.17, 15) is 13.2 Å². The number of carbonyl (C=O) groups is 1. The minimum absolute atomic E-state index is 0.0260. The van der Waals surface area contributed by atoms with Crippen molar-refractivity contribution in [3.8, 4) is 5.75 Å². The van der Waals surface area contributed by atoms with Gasteiger partial charge in [0.2, 0.25) is 0 Å². The number of hydrogen-bond donors (Lipinski definition) is 1. The van der Waals surface area contributed by atoms with Gasteiger partial charge in [0.05, 0.1) is 24.3 Å². The maximum atomic E-state index is 12.7. The first kappa shape index (κ1) is 22.5. The van der Waals surface area contributed by atoms with Crippen molar-refractivity contribution < 1.29 is 22.8 Å². The first-order valence-corrected chi connectivity index (χ1v) is 11.1. The fourth-order valence-corrected chi connectivity index (χ4v) is 3.81. The third-order valence-electron chi connectivity index (χ3n) is 4.64. The first-order chi connectivity index (χ1) is 14.9. The van der Waals surface area contributed by atoms with Gasteiger partial charge < -0.3 is 10.1 Å². The van der Waals surface area contributed by atoms with Gasteiger partial charge in [0.1, 0.15) is 5.75 Å². The maximum absolute atomic E-state index is 12.7. The smallest absolute Gasteiger partial charge is 0.264 e. The molecular weight excluding hydrogens is 416 g/mol. The fraction of sp³-hybridized carbons (Fsp3) is 0.174. The van der Waals surface area contributed by atoms with E-state index in [2.05, 4.69) is 5.32 Å². The zero-order chi connectivity index (χ0) is 22.3. The average molecular weight is 441 g/mol. The Balaban J connectivity index is 1.66. The number of hydrogen-bond acceptors (Lipinski definition) is 5. The molecule has 0 bridgehead atoms.